The molecule has 4 nitrogen and oxygen atoms in total. The Hall–Kier alpha value is -1.55. The molecule has 0 unspecified atom stereocenters. The number of benzene rings is 1. The van der Waals surface area contributed by atoms with Gasteiger partial charge in [-0.3, -0.25) is 4.79 Å². The van der Waals surface area contributed by atoms with E-state index in [1.807, 2.05) is 13.1 Å². The number of hydrogen-bond donors (Lipinski definition) is 2. The van der Waals surface area contributed by atoms with Gasteiger partial charge in [0.15, 0.2) is 0 Å². The number of amides is 1. The van der Waals surface area contributed by atoms with E-state index in [0.717, 1.165) is 31.2 Å². The molecule has 0 heterocycles. The molecule has 0 radical (unpaired) electrons. The van der Waals surface area contributed by atoms with Crippen LogP contribution in [0.3, 0.4) is 0 Å². The predicted octanol–water partition coefficient (Wildman–Crippen LogP) is 2.51. The van der Waals surface area contributed by atoms with Crippen LogP contribution in [0.5, 0.6) is 5.75 Å². The summed E-state index contributed by atoms with van der Waals surface area (Å²) >= 11 is 0. The molecule has 116 valence electrons. The number of nitrogens with zero attached hydrogens (tertiary/aromatic N) is 1. The normalized spacial score (nSPS) is 25.6. The Kier molecular flexibility index (Phi) is 4.88. The molecule has 1 aromatic carbocycles. The summed E-state index contributed by atoms with van der Waals surface area (Å²) in [4.78, 5) is 14.6. The average Bonchev–Trinajstić information content (AvgIpc) is 2.48. The maximum absolute atomic E-state index is 12.8. The van der Waals surface area contributed by atoms with Crippen molar-refractivity contribution < 1.29 is 9.90 Å². The molecule has 21 heavy (non-hydrogen) atoms. The quantitative estimate of drug-likeness (QED) is 0.895. The Morgan fingerprint density at radius 1 is 1.43 bits per heavy atom. The third-order valence-corrected chi connectivity index (χ3v) is 4.75. The van der Waals surface area contributed by atoms with Gasteiger partial charge < -0.3 is 15.7 Å². The molecule has 1 fully saturated rings. The topological polar surface area (TPSA) is 66.6 Å². The van der Waals surface area contributed by atoms with Crippen molar-refractivity contribution in [3.05, 3.63) is 29.8 Å². The van der Waals surface area contributed by atoms with Crippen LogP contribution in [0.4, 0.5) is 0 Å². The lowest BCUT2D eigenvalue weighted by Gasteiger charge is -2.39. The summed E-state index contributed by atoms with van der Waals surface area (Å²) in [6.45, 7) is 3.16. The van der Waals surface area contributed by atoms with Crippen molar-refractivity contribution in [2.24, 2.45) is 17.1 Å². The van der Waals surface area contributed by atoms with E-state index in [9.17, 15) is 9.90 Å². The third kappa shape index (κ3) is 3.56. The minimum atomic E-state index is -0.391. The van der Waals surface area contributed by atoms with Gasteiger partial charge in [-0.1, -0.05) is 19.1 Å². The van der Waals surface area contributed by atoms with E-state index in [1.165, 1.54) is 0 Å². The van der Waals surface area contributed by atoms with Gasteiger partial charge in [0.05, 0.1) is 5.41 Å². The summed E-state index contributed by atoms with van der Waals surface area (Å²) in [5.41, 5.74) is 6.49. The SMILES string of the molecule is CC1CCC(CN)(C(=O)N(C)Cc2cccc(O)c2)CC1. The third-order valence-electron chi connectivity index (χ3n) is 4.75. The molecule has 0 aliphatic heterocycles. The van der Waals surface area contributed by atoms with Crippen molar-refractivity contribution in [2.75, 3.05) is 13.6 Å². The molecule has 0 aromatic heterocycles. The van der Waals surface area contributed by atoms with Crippen LogP contribution in [0.15, 0.2) is 24.3 Å². The standard InChI is InChI=1S/C17H26N2O2/c1-13-6-8-17(12-18,9-7-13)16(21)19(2)11-14-4-3-5-15(20)10-14/h3-5,10,13,20H,6-9,11-12,18H2,1-2H3. The maximum atomic E-state index is 12.8. The molecule has 1 aliphatic rings. The summed E-state index contributed by atoms with van der Waals surface area (Å²) in [6.07, 6.45) is 3.91. The lowest BCUT2D eigenvalue weighted by Crippen LogP contribution is -2.48. The fourth-order valence-electron chi connectivity index (χ4n) is 3.23. The van der Waals surface area contributed by atoms with E-state index in [4.69, 9.17) is 5.73 Å². The van der Waals surface area contributed by atoms with Crippen molar-refractivity contribution in [3.8, 4) is 5.75 Å². The second-order valence-electron chi connectivity index (χ2n) is 6.50. The highest BCUT2D eigenvalue weighted by molar-refractivity contribution is 5.83. The van der Waals surface area contributed by atoms with Crippen LogP contribution in [0, 0.1) is 11.3 Å². The molecule has 3 N–H and O–H groups in total. The zero-order chi connectivity index (χ0) is 15.5. The Balaban J connectivity index is 2.07. The highest BCUT2D eigenvalue weighted by Crippen LogP contribution is 2.39. The average molecular weight is 290 g/mol. The molecule has 0 bridgehead atoms. The maximum Gasteiger partial charge on any atom is 0.230 e. The van der Waals surface area contributed by atoms with Crippen LogP contribution in [0.25, 0.3) is 0 Å². The number of rotatable bonds is 4. The first kappa shape index (κ1) is 15.8. The van der Waals surface area contributed by atoms with Crippen molar-refractivity contribution in [2.45, 2.75) is 39.2 Å². The van der Waals surface area contributed by atoms with Crippen molar-refractivity contribution in [1.29, 1.82) is 0 Å². The van der Waals surface area contributed by atoms with Crippen LogP contribution in [0.2, 0.25) is 0 Å². The summed E-state index contributed by atoms with van der Waals surface area (Å²) < 4.78 is 0. The van der Waals surface area contributed by atoms with Crippen molar-refractivity contribution in [1.82, 2.24) is 4.90 Å². The first-order valence-corrected chi connectivity index (χ1v) is 7.70. The summed E-state index contributed by atoms with van der Waals surface area (Å²) in [5, 5.41) is 9.52. The number of aromatic hydroxyl groups is 1. The molecule has 1 amide bonds. The molecule has 1 aromatic rings. The Labute approximate surface area is 126 Å². The fraction of sp³-hybridized carbons (Fsp3) is 0.588. The first-order valence-electron chi connectivity index (χ1n) is 7.70. The lowest BCUT2D eigenvalue weighted by atomic mass is 9.70. The molecule has 0 spiro atoms. The Bertz CT molecular complexity index is 493. The Morgan fingerprint density at radius 2 is 2.10 bits per heavy atom. The van der Waals surface area contributed by atoms with E-state index in [1.54, 1.807) is 23.1 Å². The van der Waals surface area contributed by atoms with Crippen LogP contribution < -0.4 is 5.73 Å². The van der Waals surface area contributed by atoms with E-state index in [-0.39, 0.29) is 11.7 Å². The van der Waals surface area contributed by atoms with Gasteiger partial charge in [-0.05, 0) is 49.3 Å². The van der Waals surface area contributed by atoms with Gasteiger partial charge >= 0.3 is 0 Å². The van der Waals surface area contributed by atoms with E-state index >= 15 is 0 Å². The number of phenolic OH excluding ortho intramolecular Hbond substituents is 1. The number of carbonyl (C=O) groups is 1. The first-order chi connectivity index (χ1) is 9.97. The number of nitrogens with two attached hydrogens (primary N) is 1. The molecule has 4 heteroatoms. The van der Waals surface area contributed by atoms with E-state index in [0.29, 0.717) is 19.0 Å². The van der Waals surface area contributed by atoms with Gasteiger partial charge in [-0.25, -0.2) is 0 Å². The number of phenols is 1. The van der Waals surface area contributed by atoms with Crippen LogP contribution in [0.1, 0.15) is 38.2 Å². The van der Waals surface area contributed by atoms with Crippen molar-refractivity contribution >= 4 is 5.91 Å². The lowest BCUT2D eigenvalue weighted by molar-refractivity contribution is -0.143. The van der Waals surface area contributed by atoms with E-state index in [2.05, 4.69) is 6.92 Å². The van der Waals surface area contributed by atoms with Crippen LogP contribution in [-0.2, 0) is 11.3 Å². The molecule has 0 saturated heterocycles. The smallest absolute Gasteiger partial charge is 0.230 e. The predicted molar refractivity (Wildman–Crippen MR) is 83.7 cm³/mol. The van der Waals surface area contributed by atoms with Crippen molar-refractivity contribution in [3.63, 3.8) is 0 Å². The summed E-state index contributed by atoms with van der Waals surface area (Å²) in [7, 11) is 1.82. The van der Waals surface area contributed by atoms with Gasteiger partial charge in [-0.2, -0.15) is 0 Å². The monoisotopic (exact) mass is 290 g/mol. The largest absolute Gasteiger partial charge is 0.508 e. The number of carbonyl (C=O) groups excluding carboxylic acids is 1. The second-order valence-corrected chi connectivity index (χ2v) is 6.50. The zero-order valence-corrected chi connectivity index (χ0v) is 13.0. The van der Waals surface area contributed by atoms with Crippen LogP contribution in [-0.4, -0.2) is 29.5 Å². The van der Waals surface area contributed by atoms with Crippen LogP contribution >= 0.6 is 0 Å². The molecule has 1 aliphatic carbocycles. The second kappa shape index (κ2) is 6.48. The summed E-state index contributed by atoms with van der Waals surface area (Å²) in [5.74, 6) is 1.06. The zero-order valence-electron chi connectivity index (χ0n) is 13.0. The molecule has 1 saturated carbocycles. The molecular weight excluding hydrogens is 264 g/mol. The van der Waals surface area contributed by atoms with Gasteiger partial charge in [0.2, 0.25) is 5.91 Å². The minimum Gasteiger partial charge on any atom is -0.508 e. The highest BCUT2D eigenvalue weighted by Gasteiger charge is 2.41. The van der Waals surface area contributed by atoms with E-state index < -0.39 is 5.41 Å². The fourth-order valence-corrected chi connectivity index (χ4v) is 3.23. The van der Waals surface area contributed by atoms with Gasteiger partial charge in [0, 0.05) is 20.1 Å². The molecule has 0 atom stereocenters. The van der Waals surface area contributed by atoms with Gasteiger partial charge in [-0.15, -0.1) is 0 Å². The van der Waals surface area contributed by atoms with Gasteiger partial charge in [0.25, 0.3) is 0 Å². The highest BCUT2D eigenvalue weighted by atomic mass is 16.3. The molecular formula is C17H26N2O2. The molecule has 2 rings (SSSR count). The Morgan fingerprint density at radius 3 is 2.67 bits per heavy atom. The summed E-state index contributed by atoms with van der Waals surface area (Å²) in [6, 6.07) is 7.04. The van der Waals surface area contributed by atoms with Gasteiger partial charge in [0.1, 0.15) is 5.75 Å². The minimum absolute atomic E-state index is 0.139. The number of hydrogen-bond acceptors (Lipinski definition) is 3.